The molecule has 5 rings (SSSR count). The summed E-state index contributed by atoms with van der Waals surface area (Å²) < 4.78 is 0. The topological polar surface area (TPSA) is 62.1 Å². The highest BCUT2D eigenvalue weighted by Crippen LogP contribution is 2.45. The fourth-order valence-corrected chi connectivity index (χ4v) is 5.39. The molecular weight excluding hydrogens is 431 g/mol. The van der Waals surface area contributed by atoms with Crippen LogP contribution in [0.1, 0.15) is 35.5 Å². The van der Waals surface area contributed by atoms with Gasteiger partial charge in [0.1, 0.15) is 5.69 Å². The molecule has 1 aliphatic heterocycles. The Labute approximate surface area is 192 Å². The number of hydrogen-bond acceptors (Lipinski definition) is 5. The highest BCUT2D eigenvalue weighted by atomic mass is 35.5. The van der Waals surface area contributed by atoms with Crippen molar-refractivity contribution in [3.63, 3.8) is 0 Å². The van der Waals surface area contributed by atoms with E-state index >= 15 is 0 Å². The normalized spacial score (nSPS) is 17.2. The molecular formula is C24H24Cl2N4O. The number of anilines is 1. The SMILES string of the molecule is Cc1nc(N2CCC3(CC2)Cc2cccnc2C3)c(CO)nc1-c1cccc(Cl)c1Cl. The average molecular weight is 455 g/mol. The molecule has 1 saturated heterocycles. The van der Waals surface area contributed by atoms with Crippen LogP contribution in [0, 0.1) is 12.3 Å². The number of fused-ring (bicyclic) bond motifs is 1. The molecule has 2 aliphatic rings. The maximum atomic E-state index is 10.1. The minimum atomic E-state index is -0.176. The molecule has 0 atom stereocenters. The van der Waals surface area contributed by atoms with Crippen LogP contribution in [0.2, 0.25) is 10.0 Å². The van der Waals surface area contributed by atoms with Crippen LogP contribution in [0.25, 0.3) is 11.3 Å². The number of rotatable bonds is 3. The van der Waals surface area contributed by atoms with Gasteiger partial charge >= 0.3 is 0 Å². The van der Waals surface area contributed by atoms with Crippen molar-refractivity contribution < 1.29 is 5.11 Å². The van der Waals surface area contributed by atoms with Crippen molar-refractivity contribution in [2.24, 2.45) is 5.41 Å². The Morgan fingerprint density at radius 1 is 1.06 bits per heavy atom. The van der Waals surface area contributed by atoms with Crippen molar-refractivity contribution >= 4 is 29.0 Å². The van der Waals surface area contributed by atoms with E-state index in [4.69, 9.17) is 33.2 Å². The number of aromatic nitrogens is 3. The van der Waals surface area contributed by atoms with Crippen molar-refractivity contribution in [2.45, 2.75) is 39.2 Å². The van der Waals surface area contributed by atoms with E-state index in [0.29, 0.717) is 26.8 Å². The summed E-state index contributed by atoms with van der Waals surface area (Å²) in [4.78, 5) is 16.5. The first-order valence-electron chi connectivity index (χ1n) is 10.6. The van der Waals surface area contributed by atoms with Crippen LogP contribution < -0.4 is 4.90 Å². The van der Waals surface area contributed by atoms with E-state index < -0.39 is 0 Å². The van der Waals surface area contributed by atoms with Gasteiger partial charge in [-0.05, 0) is 55.7 Å². The van der Waals surface area contributed by atoms with E-state index in [1.807, 2.05) is 31.3 Å². The number of pyridine rings is 1. The summed E-state index contributed by atoms with van der Waals surface area (Å²) in [6.07, 6.45) is 6.22. The first kappa shape index (κ1) is 20.7. The van der Waals surface area contributed by atoms with Gasteiger partial charge in [-0.2, -0.15) is 0 Å². The van der Waals surface area contributed by atoms with Gasteiger partial charge in [-0.25, -0.2) is 9.97 Å². The number of aliphatic hydroxyl groups is 1. The molecule has 0 bridgehead atoms. The summed E-state index contributed by atoms with van der Waals surface area (Å²) in [6, 6.07) is 9.71. The van der Waals surface area contributed by atoms with Crippen molar-refractivity contribution in [1.29, 1.82) is 0 Å². The second-order valence-corrected chi connectivity index (χ2v) is 9.42. The number of nitrogens with zero attached hydrogens (tertiary/aromatic N) is 4. The molecule has 1 aliphatic carbocycles. The molecule has 1 N–H and O–H groups in total. The standard InChI is InChI=1S/C24H24Cl2N4O/c1-15-22(17-5-2-6-18(25)21(17)26)29-20(14-31)23(28-15)30-10-7-24(8-11-30)12-16-4-3-9-27-19(16)13-24/h2-6,9,31H,7-8,10-14H2,1H3. The van der Waals surface area contributed by atoms with E-state index in [0.717, 1.165) is 55.8 Å². The molecule has 2 aromatic heterocycles. The van der Waals surface area contributed by atoms with E-state index in [-0.39, 0.29) is 6.61 Å². The number of aliphatic hydroxyl groups excluding tert-OH is 1. The molecule has 5 nitrogen and oxygen atoms in total. The molecule has 1 spiro atoms. The van der Waals surface area contributed by atoms with Gasteiger partial charge in [-0.15, -0.1) is 0 Å². The third-order valence-corrected chi connectivity index (χ3v) is 7.51. The Bertz CT molecular complexity index is 1120. The first-order chi connectivity index (χ1) is 15.0. The Hall–Kier alpha value is -2.21. The average Bonchev–Trinajstić information content (AvgIpc) is 3.14. The number of piperidine rings is 1. The van der Waals surface area contributed by atoms with Crippen LogP contribution in [0.5, 0.6) is 0 Å². The number of benzene rings is 1. The lowest BCUT2D eigenvalue weighted by Gasteiger charge is -2.40. The Morgan fingerprint density at radius 3 is 2.61 bits per heavy atom. The molecule has 0 radical (unpaired) electrons. The van der Waals surface area contributed by atoms with E-state index in [9.17, 15) is 5.11 Å². The monoisotopic (exact) mass is 454 g/mol. The van der Waals surface area contributed by atoms with Gasteiger partial charge in [0.25, 0.3) is 0 Å². The van der Waals surface area contributed by atoms with Crippen molar-refractivity contribution in [3.05, 3.63) is 69.2 Å². The smallest absolute Gasteiger partial charge is 0.153 e. The van der Waals surface area contributed by atoms with Gasteiger partial charge < -0.3 is 10.0 Å². The van der Waals surface area contributed by atoms with Crippen molar-refractivity contribution in [3.8, 4) is 11.3 Å². The highest BCUT2D eigenvalue weighted by Gasteiger charge is 2.41. The van der Waals surface area contributed by atoms with E-state index in [2.05, 4.69) is 16.0 Å². The highest BCUT2D eigenvalue weighted by molar-refractivity contribution is 6.43. The van der Waals surface area contributed by atoms with Crippen LogP contribution in [0.15, 0.2) is 36.5 Å². The lowest BCUT2D eigenvalue weighted by molar-refractivity contribution is 0.230. The van der Waals surface area contributed by atoms with Crippen LogP contribution >= 0.6 is 23.2 Å². The van der Waals surface area contributed by atoms with Crippen LogP contribution in [0.3, 0.4) is 0 Å². The molecule has 31 heavy (non-hydrogen) atoms. The molecule has 3 aromatic rings. The third kappa shape index (κ3) is 3.69. The van der Waals surface area contributed by atoms with Gasteiger partial charge in [-0.1, -0.05) is 41.4 Å². The van der Waals surface area contributed by atoms with Crippen LogP contribution in [-0.2, 0) is 19.4 Å². The van der Waals surface area contributed by atoms with Crippen molar-refractivity contribution in [2.75, 3.05) is 18.0 Å². The fraction of sp³-hybridized carbons (Fsp3) is 0.375. The summed E-state index contributed by atoms with van der Waals surface area (Å²) >= 11 is 12.6. The third-order valence-electron chi connectivity index (χ3n) is 6.69. The van der Waals surface area contributed by atoms with Crippen LogP contribution in [0.4, 0.5) is 5.82 Å². The summed E-state index contributed by atoms with van der Waals surface area (Å²) in [6.45, 7) is 3.54. The summed E-state index contributed by atoms with van der Waals surface area (Å²) in [7, 11) is 0. The summed E-state index contributed by atoms with van der Waals surface area (Å²) in [5.41, 5.74) is 5.68. The predicted molar refractivity (Wildman–Crippen MR) is 124 cm³/mol. The van der Waals surface area contributed by atoms with Gasteiger partial charge in [0.2, 0.25) is 0 Å². The Balaban J connectivity index is 1.40. The lowest BCUT2D eigenvalue weighted by Crippen LogP contribution is -2.41. The van der Waals surface area contributed by atoms with Gasteiger partial charge in [0, 0.05) is 30.5 Å². The minimum Gasteiger partial charge on any atom is -0.390 e. The minimum absolute atomic E-state index is 0.176. The fourth-order valence-electron chi connectivity index (χ4n) is 5.00. The molecule has 1 fully saturated rings. The largest absolute Gasteiger partial charge is 0.390 e. The van der Waals surface area contributed by atoms with E-state index in [1.165, 1.54) is 11.3 Å². The molecule has 0 unspecified atom stereocenters. The number of halogens is 2. The second-order valence-electron chi connectivity index (χ2n) is 8.64. The van der Waals surface area contributed by atoms with Gasteiger partial charge in [0.05, 0.1) is 28.0 Å². The Kier molecular flexibility index (Phi) is 5.37. The molecule has 1 aromatic carbocycles. The maximum absolute atomic E-state index is 10.1. The van der Waals surface area contributed by atoms with Gasteiger partial charge in [0.15, 0.2) is 5.82 Å². The molecule has 0 saturated carbocycles. The zero-order valence-corrected chi connectivity index (χ0v) is 18.9. The molecule has 0 amide bonds. The zero-order chi connectivity index (χ0) is 21.6. The quantitative estimate of drug-likeness (QED) is 0.600. The van der Waals surface area contributed by atoms with Gasteiger partial charge in [-0.3, -0.25) is 4.98 Å². The molecule has 160 valence electrons. The predicted octanol–water partition coefficient (Wildman–Crippen LogP) is 5.03. The summed E-state index contributed by atoms with van der Waals surface area (Å²) in [5.74, 6) is 0.769. The number of hydrogen-bond donors (Lipinski definition) is 1. The Morgan fingerprint density at radius 2 is 1.87 bits per heavy atom. The number of aryl methyl sites for hydroxylation is 1. The van der Waals surface area contributed by atoms with Crippen LogP contribution in [-0.4, -0.2) is 33.1 Å². The molecule has 3 heterocycles. The lowest BCUT2D eigenvalue weighted by atomic mass is 9.76. The first-order valence-corrected chi connectivity index (χ1v) is 11.4. The summed E-state index contributed by atoms with van der Waals surface area (Å²) in [5, 5.41) is 11.0. The van der Waals surface area contributed by atoms with Crippen molar-refractivity contribution in [1.82, 2.24) is 15.0 Å². The molecule has 7 heteroatoms. The maximum Gasteiger partial charge on any atom is 0.153 e. The zero-order valence-electron chi connectivity index (χ0n) is 17.4. The second kappa shape index (κ2) is 8.05. The van der Waals surface area contributed by atoms with E-state index in [1.54, 1.807) is 6.07 Å².